The number of benzene rings is 1. The molecule has 3 heteroatoms. The quantitative estimate of drug-likeness (QED) is 0.781. The van der Waals surface area contributed by atoms with Gasteiger partial charge in [-0.05, 0) is 18.1 Å². The fraction of sp³-hybridized carbons (Fsp3) is 0.273. The topological polar surface area (TPSA) is 52.9 Å². The average Bonchev–Trinajstić information content (AvgIpc) is 2.25. The number of hydrogen-bond donors (Lipinski definition) is 1. The normalized spacial score (nSPS) is 9.14. The van der Waals surface area contributed by atoms with Crippen LogP contribution in [-0.4, -0.2) is 13.0 Å². The second-order valence-electron chi connectivity index (χ2n) is 2.89. The molecule has 0 aliphatic carbocycles. The fourth-order valence-electron chi connectivity index (χ4n) is 1.29. The number of nitrogens with zero attached hydrogens (tertiary/aromatic N) is 1. The van der Waals surface area contributed by atoms with E-state index >= 15 is 0 Å². The maximum atomic E-state index is 11.4. The third-order valence-corrected chi connectivity index (χ3v) is 2.00. The smallest absolute Gasteiger partial charge is 0.251 e. The first-order valence-electron chi connectivity index (χ1n) is 4.46. The minimum absolute atomic E-state index is 0.0986. The molecule has 14 heavy (non-hydrogen) atoms. The highest BCUT2D eigenvalue weighted by atomic mass is 16.1. The summed E-state index contributed by atoms with van der Waals surface area (Å²) >= 11 is 0. The van der Waals surface area contributed by atoms with E-state index in [1.54, 1.807) is 13.1 Å². The van der Waals surface area contributed by atoms with E-state index < -0.39 is 0 Å². The Morgan fingerprint density at radius 2 is 2.21 bits per heavy atom. The molecule has 3 nitrogen and oxygen atoms in total. The molecule has 0 saturated heterocycles. The second-order valence-corrected chi connectivity index (χ2v) is 2.89. The second kappa shape index (κ2) is 5.03. The lowest BCUT2D eigenvalue weighted by atomic mass is 10.0. The summed E-state index contributed by atoms with van der Waals surface area (Å²) in [5.74, 6) is -0.0986. The fourth-order valence-corrected chi connectivity index (χ4v) is 1.29. The van der Waals surface area contributed by atoms with Crippen LogP contribution in [0.2, 0.25) is 0 Å². The highest BCUT2D eigenvalue weighted by Gasteiger charge is 2.07. The molecule has 0 spiro atoms. The number of nitriles is 1. The highest BCUT2D eigenvalue weighted by Crippen LogP contribution is 2.10. The van der Waals surface area contributed by atoms with Crippen LogP contribution in [0.3, 0.4) is 0 Å². The van der Waals surface area contributed by atoms with E-state index in [9.17, 15) is 4.79 Å². The van der Waals surface area contributed by atoms with Crippen molar-refractivity contribution in [2.45, 2.75) is 12.8 Å². The van der Waals surface area contributed by atoms with Gasteiger partial charge in [0.25, 0.3) is 5.91 Å². The van der Waals surface area contributed by atoms with Gasteiger partial charge in [-0.15, -0.1) is 0 Å². The molecule has 0 aliphatic heterocycles. The molecule has 1 aromatic rings. The molecule has 1 rings (SSSR count). The van der Waals surface area contributed by atoms with Crippen LogP contribution in [0.5, 0.6) is 0 Å². The van der Waals surface area contributed by atoms with E-state index in [0.29, 0.717) is 18.4 Å². The molecule has 0 aliphatic rings. The van der Waals surface area contributed by atoms with Crippen molar-refractivity contribution in [2.75, 3.05) is 7.05 Å². The van der Waals surface area contributed by atoms with E-state index in [4.69, 9.17) is 5.26 Å². The Hall–Kier alpha value is -1.82. The van der Waals surface area contributed by atoms with Crippen molar-refractivity contribution >= 4 is 5.91 Å². The lowest BCUT2D eigenvalue weighted by Gasteiger charge is -2.05. The zero-order valence-corrected chi connectivity index (χ0v) is 8.08. The van der Waals surface area contributed by atoms with Crippen LogP contribution >= 0.6 is 0 Å². The summed E-state index contributed by atoms with van der Waals surface area (Å²) in [6, 6.07) is 9.41. The summed E-state index contributed by atoms with van der Waals surface area (Å²) in [7, 11) is 1.60. The summed E-state index contributed by atoms with van der Waals surface area (Å²) in [6.07, 6.45) is 1.06. The van der Waals surface area contributed by atoms with Crippen molar-refractivity contribution in [3.63, 3.8) is 0 Å². The summed E-state index contributed by atoms with van der Waals surface area (Å²) in [5, 5.41) is 11.0. The standard InChI is InChI=1S/C11H12N2O/c1-13-11(14)10-7-3-2-5-9(10)6-4-8-12/h2-3,5,7H,4,6H2,1H3,(H,13,14). The number of amides is 1. The molecule has 72 valence electrons. The van der Waals surface area contributed by atoms with Crippen molar-refractivity contribution in [1.82, 2.24) is 5.32 Å². The minimum Gasteiger partial charge on any atom is -0.355 e. The zero-order valence-electron chi connectivity index (χ0n) is 8.08. The van der Waals surface area contributed by atoms with Crippen molar-refractivity contribution < 1.29 is 4.79 Å². The number of hydrogen-bond acceptors (Lipinski definition) is 2. The predicted molar refractivity (Wildman–Crippen MR) is 53.8 cm³/mol. The van der Waals surface area contributed by atoms with Crippen molar-refractivity contribution in [1.29, 1.82) is 5.26 Å². The molecule has 0 aromatic heterocycles. The zero-order chi connectivity index (χ0) is 10.4. The van der Waals surface area contributed by atoms with Crippen LogP contribution in [0.15, 0.2) is 24.3 Å². The van der Waals surface area contributed by atoms with E-state index in [2.05, 4.69) is 11.4 Å². The molecule has 0 bridgehead atoms. The van der Waals surface area contributed by atoms with Gasteiger partial charge in [0.2, 0.25) is 0 Å². The number of aryl methyl sites for hydroxylation is 1. The van der Waals surface area contributed by atoms with Gasteiger partial charge >= 0.3 is 0 Å². The molecular formula is C11H12N2O. The highest BCUT2D eigenvalue weighted by molar-refractivity contribution is 5.95. The van der Waals surface area contributed by atoms with Gasteiger partial charge in [-0.3, -0.25) is 4.79 Å². The molecular weight excluding hydrogens is 176 g/mol. The van der Waals surface area contributed by atoms with Gasteiger partial charge in [0.05, 0.1) is 6.07 Å². The van der Waals surface area contributed by atoms with Crippen LogP contribution in [0.1, 0.15) is 22.3 Å². The van der Waals surface area contributed by atoms with Gasteiger partial charge in [0.1, 0.15) is 0 Å². The Bertz CT molecular complexity index is 366. The van der Waals surface area contributed by atoms with Crippen LogP contribution in [0.25, 0.3) is 0 Å². The average molecular weight is 188 g/mol. The van der Waals surface area contributed by atoms with E-state index in [-0.39, 0.29) is 5.91 Å². The first-order chi connectivity index (χ1) is 6.79. The van der Waals surface area contributed by atoms with Crippen molar-refractivity contribution in [3.05, 3.63) is 35.4 Å². The van der Waals surface area contributed by atoms with Crippen LogP contribution in [0, 0.1) is 11.3 Å². The maximum Gasteiger partial charge on any atom is 0.251 e. The Morgan fingerprint density at radius 3 is 2.86 bits per heavy atom. The predicted octanol–water partition coefficient (Wildman–Crippen LogP) is 1.50. The van der Waals surface area contributed by atoms with E-state index in [1.165, 1.54) is 0 Å². The first kappa shape index (κ1) is 10.3. The molecule has 0 radical (unpaired) electrons. The maximum absolute atomic E-state index is 11.4. The van der Waals surface area contributed by atoms with Crippen LogP contribution < -0.4 is 5.32 Å². The summed E-state index contributed by atoms with van der Waals surface area (Å²) in [5.41, 5.74) is 1.58. The molecule has 1 aromatic carbocycles. The van der Waals surface area contributed by atoms with Gasteiger partial charge < -0.3 is 5.32 Å². The SMILES string of the molecule is CNC(=O)c1ccccc1CCC#N. The lowest BCUT2D eigenvalue weighted by Crippen LogP contribution is -2.19. The Kier molecular flexibility index (Phi) is 3.69. The Balaban J connectivity index is 2.92. The van der Waals surface area contributed by atoms with Gasteiger partial charge in [-0.25, -0.2) is 0 Å². The van der Waals surface area contributed by atoms with Gasteiger partial charge in [-0.2, -0.15) is 5.26 Å². The van der Waals surface area contributed by atoms with E-state index in [1.807, 2.05) is 18.2 Å². The van der Waals surface area contributed by atoms with E-state index in [0.717, 1.165) is 5.56 Å². The third-order valence-electron chi connectivity index (χ3n) is 2.00. The summed E-state index contributed by atoms with van der Waals surface area (Å²) < 4.78 is 0. The largest absolute Gasteiger partial charge is 0.355 e. The number of rotatable bonds is 3. The van der Waals surface area contributed by atoms with Crippen LogP contribution in [-0.2, 0) is 6.42 Å². The van der Waals surface area contributed by atoms with Gasteiger partial charge in [-0.1, -0.05) is 18.2 Å². The molecule has 0 fully saturated rings. The molecule has 0 atom stereocenters. The van der Waals surface area contributed by atoms with Gasteiger partial charge in [0.15, 0.2) is 0 Å². The lowest BCUT2D eigenvalue weighted by molar-refractivity contribution is 0.0962. The molecule has 0 heterocycles. The number of nitrogens with one attached hydrogen (secondary N) is 1. The third kappa shape index (κ3) is 2.33. The summed E-state index contributed by atoms with van der Waals surface area (Å²) in [6.45, 7) is 0. The Labute approximate surface area is 83.4 Å². The monoisotopic (exact) mass is 188 g/mol. The van der Waals surface area contributed by atoms with Crippen LogP contribution in [0.4, 0.5) is 0 Å². The van der Waals surface area contributed by atoms with Crippen molar-refractivity contribution in [2.24, 2.45) is 0 Å². The number of carbonyl (C=O) groups is 1. The molecule has 0 unspecified atom stereocenters. The Morgan fingerprint density at radius 1 is 1.50 bits per heavy atom. The molecule has 1 amide bonds. The number of carbonyl (C=O) groups excluding carboxylic acids is 1. The van der Waals surface area contributed by atoms with Crippen molar-refractivity contribution in [3.8, 4) is 6.07 Å². The van der Waals surface area contributed by atoms with Gasteiger partial charge in [0, 0.05) is 19.0 Å². The first-order valence-corrected chi connectivity index (χ1v) is 4.46. The summed E-state index contributed by atoms with van der Waals surface area (Å²) in [4.78, 5) is 11.4. The molecule has 1 N–H and O–H groups in total. The minimum atomic E-state index is -0.0986. The molecule has 0 saturated carbocycles.